The van der Waals surface area contributed by atoms with Gasteiger partial charge in [0, 0.05) is 70.5 Å². The molecule has 6 heterocycles. The number of ether oxygens (including phenoxy) is 1. The number of hydrogen-bond acceptors (Lipinski definition) is 21. The number of sulfone groups is 2. The van der Waals surface area contributed by atoms with E-state index in [-0.39, 0.29) is 59.0 Å². The van der Waals surface area contributed by atoms with E-state index in [9.17, 15) is 81.6 Å². The van der Waals surface area contributed by atoms with Crippen molar-refractivity contribution in [1.29, 1.82) is 0 Å². The molecule has 27 nitrogen and oxygen atoms in total. The van der Waals surface area contributed by atoms with E-state index in [2.05, 4.69) is 25.3 Å². The lowest BCUT2D eigenvalue weighted by molar-refractivity contribution is -0.141. The lowest BCUT2D eigenvalue weighted by atomic mass is 9.85. The van der Waals surface area contributed by atoms with Crippen LogP contribution in [0.2, 0.25) is 5.02 Å². The van der Waals surface area contributed by atoms with Gasteiger partial charge in [-0.1, -0.05) is 205 Å². The number of sulfonamides is 4. The Bertz CT molecular complexity index is 7990. The van der Waals surface area contributed by atoms with Gasteiger partial charge in [-0.2, -0.15) is 23.4 Å². The van der Waals surface area contributed by atoms with E-state index in [0.29, 0.717) is 50.5 Å². The normalized spacial score (nSPS) is 13.1. The molecule has 0 unspecified atom stereocenters. The third-order valence-electron chi connectivity index (χ3n) is 22.2. The van der Waals surface area contributed by atoms with Crippen LogP contribution >= 0.6 is 11.6 Å². The number of rotatable bonds is 19. The molecule has 0 bridgehead atoms. The number of aromatic nitrogens is 7. The second kappa shape index (κ2) is 43.8. The summed E-state index contributed by atoms with van der Waals surface area (Å²) in [4.78, 5) is 21.5. The topological polar surface area (TPSA) is 436 Å². The largest absolute Gasteiger partial charge is 0.457 e. The van der Waals surface area contributed by atoms with Gasteiger partial charge in [-0.25, -0.2) is 103 Å². The number of nitrogens with zero attached hydrogens (tertiary/aromatic N) is 7. The Labute approximate surface area is 815 Å². The van der Waals surface area contributed by atoms with E-state index in [1.54, 1.807) is 116 Å². The smallest absolute Gasteiger partial charge is 0.435 e. The van der Waals surface area contributed by atoms with Gasteiger partial charge in [0.2, 0.25) is 40.1 Å². The molecule has 11 aromatic carbocycles. The summed E-state index contributed by atoms with van der Waals surface area (Å²) < 4.78 is 235. The first-order valence-corrected chi connectivity index (χ1v) is 53.1. The molecule has 730 valence electrons. The Hall–Kier alpha value is -14.0. The number of benzene rings is 11. The zero-order valence-electron chi connectivity index (χ0n) is 75.8. The summed E-state index contributed by atoms with van der Waals surface area (Å²) in [5, 5.41) is 32.5. The van der Waals surface area contributed by atoms with Crippen molar-refractivity contribution < 1.29 is 95.3 Å². The number of cyclic esters (lactones) is 1. The van der Waals surface area contributed by atoms with E-state index in [1.807, 2.05) is 118 Å². The molecule has 1 saturated carbocycles. The fraction of sp³-hybridized carbons (Fsp3) is 0.149. The molecule has 2 aliphatic rings. The van der Waals surface area contributed by atoms with E-state index >= 15 is 0 Å². The molecular formula is C101H90ClF6N11O16S6. The van der Waals surface area contributed by atoms with Crippen molar-refractivity contribution in [2.75, 3.05) is 19.1 Å². The number of esters is 1. The third kappa shape index (κ3) is 26.6. The van der Waals surface area contributed by atoms with Gasteiger partial charge in [-0.05, 0) is 195 Å². The summed E-state index contributed by atoms with van der Waals surface area (Å²) in [6.07, 6.45) is 2.55. The molecule has 0 atom stereocenters. The van der Waals surface area contributed by atoms with E-state index in [4.69, 9.17) is 45.8 Å². The second-order valence-electron chi connectivity index (χ2n) is 32.5. The minimum atomic E-state index is -4.61. The third-order valence-corrected chi connectivity index (χ3v) is 28.4. The predicted octanol–water partition coefficient (Wildman–Crippen LogP) is 20.4. The molecule has 8 N–H and O–H groups in total. The maximum atomic E-state index is 13.9. The highest BCUT2D eigenvalue weighted by atomic mass is 35.5. The summed E-state index contributed by atoms with van der Waals surface area (Å²) in [5.74, 6) is 1.67. The molecule has 1 aliphatic carbocycles. The van der Waals surface area contributed by atoms with Gasteiger partial charge in [-0.15, -0.1) is 0 Å². The Kier molecular flexibility index (Phi) is 32.4. The van der Waals surface area contributed by atoms with Gasteiger partial charge in [0.1, 0.15) is 29.6 Å². The van der Waals surface area contributed by atoms with Crippen molar-refractivity contribution in [2.24, 2.45) is 20.6 Å². The van der Waals surface area contributed by atoms with Crippen molar-refractivity contribution in [2.45, 2.75) is 108 Å². The van der Waals surface area contributed by atoms with Gasteiger partial charge in [0.25, 0.3) is 6.43 Å². The van der Waals surface area contributed by atoms with E-state index in [0.717, 1.165) is 108 Å². The van der Waals surface area contributed by atoms with Crippen molar-refractivity contribution in [3.05, 3.63) is 365 Å². The number of primary sulfonamides is 4. The number of nitrogens with two attached hydrogens (primary N) is 4. The molecule has 5 aromatic heterocycles. The first kappa shape index (κ1) is 104. The van der Waals surface area contributed by atoms with Crippen molar-refractivity contribution in [3.63, 3.8) is 0 Å². The van der Waals surface area contributed by atoms with E-state index < -0.39 is 89.6 Å². The first-order valence-electron chi connectivity index (χ1n) is 42.7. The average molecular weight is 2060 g/mol. The number of oxazole rings is 1. The molecule has 1 fully saturated rings. The van der Waals surface area contributed by atoms with Gasteiger partial charge in [0.15, 0.2) is 37.0 Å². The highest BCUT2D eigenvalue weighted by Crippen LogP contribution is 2.42. The average Bonchev–Trinajstić information content (AvgIpc) is 1.66. The van der Waals surface area contributed by atoms with Crippen LogP contribution in [0.1, 0.15) is 95.4 Å². The maximum Gasteiger partial charge on any atom is 0.435 e. The first-order chi connectivity index (χ1) is 66.5. The lowest BCUT2D eigenvalue weighted by Gasteiger charge is -2.20. The lowest BCUT2D eigenvalue weighted by Crippen LogP contribution is -2.12. The Balaban J connectivity index is 0.000000142. The van der Waals surface area contributed by atoms with Crippen LogP contribution in [-0.2, 0) is 75.5 Å². The molecule has 1 aliphatic heterocycles. The maximum absolute atomic E-state index is 13.9. The zero-order valence-corrected chi connectivity index (χ0v) is 81.5. The summed E-state index contributed by atoms with van der Waals surface area (Å²) in [6.45, 7) is 7.32. The molecule has 18 rings (SSSR count). The molecule has 0 saturated heterocycles. The fourth-order valence-electron chi connectivity index (χ4n) is 15.1. The summed E-state index contributed by atoms with van der Waals surface area (Å²) in [7, 11) is -21.6. The molecule has 0 radical (unpaired) electrons. The minimum absolute atomic E-state index is 0.0756. The van der Waals surface area contributed by atoms with Gasteiger partial charge in [0.05, 0.1) is 79.7 Å². The predicted molar refractivity (Wildman–Crippen MR) is 524 cm³/mol. The van der Waals surface area contributed by atoms with Crippen LogP contribution < -0.4 is 20.6 Å². The number of aryl methyl sites for hydroxylation is 4. The second-order valence-corrected chi connectivity index (χ2v) is 43.2. The van der Waals surface area contributed by atoms with Crippen LogP contribution in [-0.4, -0.2) is 110 Å². The Morgan fingerprint density at radius 3 is 1.35 bits per heavy atom. The van der Waals surface area contributed by atoms with Gasteiger partial charge < -0.3 is 13.7 Å². The minimum Gasteiger partial charge on any atom is -0.457 e. The standard InChI is InChI=1S/C18H14ClNO2S.2C17H14F3N3O2S.C17H14O4S.C16H14N2O3S.C16H20N2O3S/c1-23(21,22)16-9-7-13(8-10-16)17-11-15(19)12-20-18(17)14-5-3-2-4-6-14;1-11-2-4-12(5-3-11)15-10-16(17(18,19)20)22-23(15)13-6-8-14(9-7-13)26(21,24)25;1-10-2-3-11(8-14(10)18)16-9-15(17(19)20)22-23(16)12-4-6-13(7-5-12)26(21,24)25;1-22(19,20)14-9-7-12(8-10-14)15-11-21-17(18)16(15)13-5-3-2-4-6-13;1-11-15(12-7-9-14(10-8-12)22(17,19)20)16(18-21-11)13-5-3-2-4-6-13;1-11-18-15(12-5-3-2-4-6-12)16(21-11)13-7-9-14(10-8-13)22(17,19)20/h2-12H,1H3;2-10H,1H3,(H2,21,24,25);2-9,17H,1H3,(H2,21,24,25);2-10H,11H2,1H3;2-10H,1H3,(H2,17,19,20);7-10,12H,2-6H2,1H3,(H2,17,19,20). The fourth-order valence-corrected chi connectivity index (χ4v) is 18.6. The summed E-state index contributed by atoms with van der Waals surface area (Å²) in [5.41, 5.74) is 13.5. The van der Waals surface area contributed by atoms with Crippen molar-refractivity contribution in [3.8, 4) is 90.0 Å². The molecule has 40 heteroatoms. The SMILES string of the molecule is CS(=O)(=O)c1ccc(-c2cc(Cl)cnc2-c2ccccc2)cc1.CS(=O)(=O)c1ccc(C2=C(c3ccccc3)C(=O)OC2)cc1.Cc1ccc(-c2cc(C(F)(F)F)nn2-c2ccc(S(N)(=O)=O)cc2)cc1.Cc1ccc(-c2cc(C(F)F)nn2-c2ccc(S(N)(=O)=O)cc2)cc1F.Cc1nc(C2CCCCC2)c(-c2ccc(S(N)(=O)=O)cc2)o1.Cc1onc(-c2ccccc2)c1-c1ccc(S(N)(=O)=O)cc1. The van der Waals surface area contributed by atoms with Crippen LogP contribution in [0.15, 0.2) is 342 Å². The van der Waals surface area contributed by atoms with Gasteiger partial charge >= 0.3 is 12.1 Å². The highest BCUT2D eigenvalue weighted by Gasteiger charge is 2.36. The number of pyridine rings is 1. The molecule has 16 aromatic rings. The Morgan fingerprint density at radius 1 is 0.454 bits per heavy atom. The molecule has 0 amide bonds. The number of carbonyl (C=O) groups excluding carboxylic acids is 1. The number of carbonyl (C=O) groups is 1. The van der Waals surface area contributed by atoms with Crippen LogP contribution in [0.3, 0.4) is 0 Å². The van der Waals surface area contributed by atoms with Crippen LogP contribution in [0.25, 0.3) is 101 Å². The quantitative estimate of drug-likeness (QED) is 0.0431. The van der Waals surface area contributed by atoms with Crippen LogP contribution in [0.4, 0.5) is 26.3 Å². The summed E-state index contributed by atoms with van der Waals surface area (Å²) in [6, 6.07) is 80.5. The zero-order chi connectivity index (χ0) is 102. The van der Waals surface area contributed by atoms with Crippen molar-refractivity contribution >= 4 is 88.5 Å². The number of alkyl halides is 5. The number of halogens is 7. The van der Waals surface area contributed by atoms with Gasteiger partial charge in [-0.3, -0.25) is 4.98 Å². The monoisotopic (exact) mass is 2050 g/mol. The van der Waals surface area contributed by atoms with E-state index in [1.165, 1.54) is 127 Å². The Morgan fingerprint density at radius 2 is 0.879 bits per heavy atom. The molecular weight excluding hydrogens is 1970 g/mol. The molecule has 0 spiro atoms. The molecule has 141 heavy (non-hydrogen) atoms. The van der Waals surface area contributed by atoms with Crippen LogP contribution in [0, 0.1) is 33.5 Å². The van der Waals surface area contributed by atoms with Crippen molar-refractivity contribution in [1.82, 2.24) is 34.7 Å². The highest BCUT2D eigenvalue weighted by molar-refractivity contribution is 7.91. The van der Waals surface area contributed by atoms with Crippen LogP contribution in [0.5, 0.6) is 0 Å². The summed E-state index contributed by atoms with van der Waals surface area (Å²) >= 11 is 6.10. The number of hydrogen-bond donors (Lipinski definition) is 4.